The average Bonchev–Trinajstić information content (AvgIpc) is 3.89. The number of para-hydroxylation sites is 2. The van der Waals surface area contributed by atoms with Gasteiger partial charge in [0.05, 0.1) is 73.8 Å². The highest BCUT2D eigenvalue weighted by atomic mass is 19.4. The van der Waals surface area contributed by atoms with Gasteiger partial charge in [0.15, 0.2) is 0 Å². The van der Waals surface area contributed by atoms with Crippen LogP contribution in [0.1, 0.15) is 27.8 Å². The number of aromatic nitrogens is 2. The van der Waals surface area contributed by atoms with E-state index in [1.165, 1.54) is 12.1 Å². The number of hydrogen-bond acceptors (Lipinski definition) is 3. The second kappa shape index (κ2) is 16.4. The number of nitrogens with zero attached hydrogens (tertiary/aromatic N) is 5. The Labute approximate surface area is 395 Å². The van der Waals surface area contributed by atoms with Crippen LogP contribution in [0.2, 0.25) is 0 Å². The molecular formula is C59H31F6N5. The maximum atomic E-state index is 14.9. The average molecular weight is 924 g/mol. The first kappa shape index (κ1) is 43.2. The first-order chi connectivity index (χ1) is 33.8. The summed E-state index contributed by atoms with van der Waals surface area (Å²) < 4.78 is 90.4. The molecule has 0 spiro atoms. The van der Waals surface area contributed by atoms with Gasteiger partial charge in [-0.2, -0.15) is 42.1 Å². The van der Waals surface area contributed by atoms with E-state index in [-0.39, 0.29) is 17.2 Å². The third-order valence-corrected chi connectivity index (χ3v) is 12.9. The predicted octanol–water partition coefficient (Wildman–Crippen LogP) is 16.2. The van der Waals surface area contributed by atoms with Crippen molar-refractivity contribution in [1.29, 1.82) is 15.8 Å². The van der Waals surface area contributed by atoms with E-state index in [1.54, 1.807) is 30.3 Å². The first-order valence-corrected chi connectivity index (χ1v) is 21.9. The van der Waals surface area contributed by atoms with Crippen molar-refractivity contribution in [2.45, 2.75) is 12.4 Å². The second-order valence-corrected chi connectivity index (χ2v) is 16.9. The minimum absolute atomic E-state index is 0.0145. The van der Waals surface area contributed by atoms with E-state index < -0.39 is 29.0 Å². The summed E-state index contributed by atoms with van der Waals surface area (Å²) in [6, 6.07) is 60.2. The summed E-state index contributed by atoms with van der Waals surface area (Å²) in [5.41, 5.74) is 6.25. The fourth-order valence-electron chi connectivity index (χ4n) is 9.69. The van der Waals surface area contributed by atoms with E-state index in [0.29, 0.717) is 39.7 Å². The van der Waals surface area contributed by atoms with Gasteiger partial charge in [0.2, 0.25) is 0 Å². The number of rotatable bonds is 6. The van der Waals surface area contributed by atoms with Gasteiger partial charge >= 0.3 is 12.4 Å². The van der Waals surface area contributed by atoms with E-state index in [2.05, 4.69) is 28.8 Å². The third kappa shape index (κ3) is 7.27. The van der Waals surface area contributed by atoms with E-state index in [1.807, 2.05) is 126 Å². The van der Waals surface area contributed by atoms with E-state index >= 15 is 0 Å². The van der Waals surface area contributed by atoms with Crippen LogP contribution in [-0.2, 0) is 12.4 Å². The fraction of sp³-hybridized carbons (Fsp3) is 0.0339. The monoisotopic (exact) mass is 923 g/mol. The Kier molecular flexibility index (Phi) is 10.2. The van der Waals surface area contributed by atoms with Crippen LogP contribution in [0.3, 0.4) is 0 Å². The lowest BCUT2D eigenvalue weighted by Crippen LogP contribution is -2.12. The first-order valence-electron chi connectivity index (χ1n) is 21.9. The van der Waals surface area contributed by atoms with Gasteiger partial charge < -0.3 is 9.13 Å². The number of alkyl halides is 6. The van der Waals surface area contributed by atoms with Crippen molar-refractivity contribution in [3.05, 3.63) is 216 Å². The molecule has 11 rings (SSSR count). The maximum absolute atomic E-state index is 14.9. The molecule has 0 amide bonds. The molecule has 9 aromatic carbocycles. The number of hydrogen-bond donors (Lipinski definition) is 0. The smallest absolute Gasteiger partial charge is 0.309 e. The Hall–Kier alpha value is -9.37. The molecule has 0 saturated heterocycles. The van der Waals surface area contributed by atoms with Crippen LogP contribution in [0, 0.1) is 34.0 Å². The molecule has 0 bridgehead atoms. The molecule has 11 aromatic rings. The zero-order chi connectivity index (χ0) is 48.5. The van der Waals surface area contributed by atoms with Crippen molar-refractivity contribution in [2.75, 3.05) is 0 Å². The summed E-state index contributed by atoms with van der Waals surface area (Å²) in [5, 5.41) is 33.6. The topological polar surface area (TPSA) is 81.2 Å². The van der Waals surface area contributed by atoms with Crippen LogP contribution in [0.5, 0.6) is 0 Å². The highest BCUT2D eigenvalue weighted by molar-refractivity contribution is 6.12. The predicted molar refractivity (Wildman–Crippen MR) is 261 cm³/mol. The van der Waals surface area contributed by atoms with Gasteiger partial charge in [0, 0.05) is 38.4 Å². The second-order valence-electron chi connectivity index (χ2n) is 16.9. The zero-order valence-corrected chi connectivity index (χ0v) is 36.4. The summed E-state index contributed by atoms with van der Waals surface area (Å²) in [4.78, 5) is 0. The lowest BCUT2D eigenvalue weighted by molar-refractivity contribution is -0.142. The van der Waals surface area contributed by atoms with Gasteiger partial charge in [-0.05, 0) is 137 Å². The molecule has 2 aromatic heterocycles. The molecule has 2 heterocycles. The minimum atomic E-state index is -5.15. The Balaban J connectivity index is 1.18. The maximum Gasteiger partial charge on any atom is 0.417 e. The van der Waals surface area contributed by atoms with Crippen LogP contribution < -0.4 is 0 Å². The SMILES string of the molecule is N#Cc1cccc(-c2ccc3c(c2)c2ccccc2n3-c2ccc(C#N)c(-c3cc(-c4ccc(C(F)(F)F)cc4C(F)(F)F)ccc3-n3c4ccccc4c4cc(-c5cccc(C#N)c5)ccc43)c2)c1. The summed E-state index contributed by atoms with van der Waals surface area (Å²) in [6.45, 7) is 0. The van der Waals surface area contributed by atoms with Gasteiger partial charge in [-0.25, -0.2) is 0 Å². The lowest BCUT2D eigenvalue weighted by Gasteiger charge is -2.20. The van der Waals surface area contributed by atoms with Crippen LogP contribution in [0.25, 0.3) is 99.5 Å². The van der Waals surface area contributed by atoms with Crippen LogP contribution in [-0.4, -0.2) is 9.13 Å². The fourth-order valence-corrected chi connectivity index (χ4v) is 9.69. The number of halogens is 6. The molecule has 70 heavy (non-hydrogen) atoms. The summed E-state index contributed by atoms with van der Waals surface area (Å²) in [5.74, 6) is 0. The molecule has 0 aliphatic heterocycles. The summed E-state index contributed by atoms with van der Waals surface area (Å²) in [6.07, 6.45) is -10.2. The normalized spacial score (nSPS) is 11.8. The van der Waals surface area contributed by atoms with Crippen LogP contribution in [0.15, 0.2) is 188 Å². The zero-order valence-electron chi connectivity index (χ0n) is 36.4. The molecular weight excluding hydrogens is 893 g/mol. The van der Waals surface area contributed by atoms with Gasteiger partial charge in [0.25, 0.3) is 0 Å². The lowest BCUT2D eigenvalue weighted by atomic mass is 9.91. The van der Waals surface area contributed by atoms with E-state index in [4.69, 9.17) is 0 Å². The van der Waals surface area contributed by atoms with Crippen molar-refractivity contribution in [3.8, 4) is 74.1 Å². The van der Waals surface area contributed by atoms with Crippen molar-refractivity contribution >= 4 is 43.6 Å². The Bertz CT molecular complexity index is 4100. The van der Waals surface area contributed by atoms with Crippen LogP contribution in [0.4, 0.5) is 26.3 Å². The molecule has 0 aliphatic carbocycles. The summed E-state index contributed by atoms with van der Waals surface area (Å²) in [7, 11) is 0. The molecule has 334 valence electrons. The van der Waals surface area contributed by atoms with Crippen molar-refractivity contribution in [1.82, 2.24) is 9.13 Å². The van der Waals surface area contributed by atoms with Gasteiger partial charge in [-0.3, -0.25) is 0 Å². The van der Waals surface area contributed by atoms with E-state index in [0.717, 1.165) is 71.9 Å². The van der Waals surface area contributed by atoms with Crippen molar-refractivity contribution in [3.63, 3.8) is 0 Å². The molecule has 5 nitrogen and oxygen atoms in total. The Morgan fingerprint density at radius 1 is 0.357 bits per heavy atom. The molecule has 0 saturated carbocycles. The number of fused-ring (bicyclic) bond motifs is 6. The molecule has 11 heteroatoms. The highest BCUT2D eigenvalue weighted by Crippen LogP contribution is 2.45. The van der Waals surface area contributed by atoms with E-state index in [9.17, 15) is 42.1 Å². The molecule has 0 unspecified atom stereocenters. The number of nitriles is 3. The van der Waals surface area contributed by atoms with Gasteiger partial charge in [0.1, 0.15) is 0 Å². The Morgan fingerprint density at radius 2 is 0.900 bits per heavy atom. The molecule has 0 atom stereocenters. The quantitative estimate of drug-likeness (QED) is 0.156. The largest absolute Gasteiger partial charge is 0.417 e. The molecule has 0 radical (unpaired) electrons. The van der Waals surface area contributed by atoms with Crippen molar-refractivity contribution in [2.24, 2.45) is 0 Å². The van der Waals surface area contributed by atoms with Crippen molar-refractivity contribution < 1.29 is 26.3 Å². The molecule has 0 aliphatic rings. The highest BCUT2D eigenvalue weighted by Gasteiger charge is 2.38. The molecule has 0 N–H and O–H groups in total. The summed E-state index contributed by atoms with van der Waals surface area (Å²) >= 11 is 0. The van der Waals surface area contributed by atoms with Gasteiger partial charge in [-0.15, -0.1) is 0 Å². The van der Waals surface area contributed by atoms with Gasteiger partial charge in [-0.1, -0.05) is 84.9 Å². The third-order valence-electron chi connectivity index (χ3n) is 12.9. The van der Waals surface area contributed by atoms with Crippen LogP contribution >= 0.6 is 0 Å². The minimum Gasteiger partial charge on any atom is -0.309 e. The number of benzene rings is 9. The Morgan fingerprint density at radius 3 is 1.47 bits per heavy atom. The standard InChI is InChI=1S/C59H31F6N5/c60-58(61,62)43-19-21-45(52(30-43)59(63,64)65)41-18-24-57(70-54-14-4-2-12-47(54)50-28-40(17-23-56(50)70)38-10-6-8-36(26-38)33-67)51(29-41)48-31-44(20-15-42(48)34-68)69-53-13-3-1-11-46(53)49-27-39(16-22-55(49)69)37-9-5-7-35(25-37)32-66/h1-31H. The molecule has 0 fully saturated rings.